The summed E-state index contributed by atoms with van der Waals surface area (Å²) in [5.74, 6) is 0.672. The average Bonchev–Trinajstić information content (AvgIpc) is 3.31. The Hall–Kier alpha value is -2.53. The van der Waals surface area contributed by atoms with Crippen molar-refractivity contribution in [2.75, 3.05) is 18.4 Å². The highest BCUT2D eigenvalue weighted by Gasteiger charge is 2.36. The summed E-state index contributed by atoms with van der Waals surface area (Å²) < 4.78 is 39.5. The molecule has 0 bridgehead atoms. The van der Waals surface area contributed by atoms with Crippen LogP contribution in [0.1, 0.15) is 12.1 Å². The van der Waals surface area contributed by atoms with Crippen molar-refractivity contribution in [1.29, 1.82) is 0 Å². The number of aliphatic imine (C=N–C) groups is 1. The van der Waals surface area contributed by atoms with Gasteiger partial charge in [0.1, 0.15) is 16.4 Å². The second-order valence-corrected chi connectivity index (χ2v) is 7.32. The number of rotatable bonds is 3. The fourth-order valence-electron chi connectivity index (χ4n) is 2.49. The van der Waals surface area contributed by atoms with Crippen molar-refractivity contribution in [2.45, 2.75) is 12.6 Å². The molecule has 0 atom stereocenters. The molecule has 1 aliphatic rings. The van der Waals surface area contributed by atoms with Crippen LogP contribution in [-0.4, -0.2) is 34.0 Å². The highest BCUT2D eigenvalue weighted by Crippen LogP contribution is 2.37. The Labute approximate surface area is 160 Å². The first-order chi connectivity index (χ1) is 13.0. The van der Waals surface area contributed by atoms with Gasteiger partial charge in [-0.15, -0.1) is 22.7 Å². The van der Waals surface area contributed by atoms with Crippen molar-refractivity contribution in [3.05, 3.63) is 34.8 Å². The lowest BCUT2D eigenvalue weighted by atomic mass is 10.2. The number of halogens is 3. The topological polar surface area (TPSA) is 75.1 Å². The molecule has 0 radical (unpaired) electrons. The van der Waals surface area contributed by atoms with Crippen LogP contribution in [0.5, 0.6) is 0 Å². The molecule has 2 N–H and O–H groups in total. The predicted molar refractivity (Wildman–Crippen MR) is 100.0 cm³/mol. The molecule has 0 aromatic carbocycles. The molecule has 1 aliphatic heterocycles. The first-order valence-corrected chi connectivity index (χ1v) is 9.76. The summed E-state index contributed by atoms with van der Waals surface area (Å²) in [6, 6.07) is 2.84. The lowest BCUT2D eigenvalue weighted by Gasteiger charge is -2.13. The van der Waals surface area contributed by atoms with Crippen molar-refractivity contribution in [3.63, 3.8) is 0 Å². The lowest BCUT2D eigenvalue weighted by molar-refractivity contribution is -0.140. The van der Waals surface area contributed by atoms with Crippen molar-refractivity contribution < 1.29 is 13.2 Å². The second-order valence-electron chi connectivity index (χ2n) is 5.61. The van der Waals surface area contributed by atoms with Gasteiger partial charge < -0.3 is 10.6 Å². The normalized spacial score (nSPS) is 14.6. The molecule has 6 nitrogen and oxygen atoms in total. The first-order valence-electron chi connectivity index (χ1n) is 8.00. The lowest BCUT2D eigenvalue weighted by Crippen LogP contribution is -2.35. The van der Waals surface area contributed by atoms with Crippen LogP contribution in [-0.2, 0) is 6.18 Å². The third-order valence-electron chi connectivity index (χ3n) is 3.70. The minimum Gasteiger partial charge on any atom is -0.356 e. The van der Waals surface area contributed by atoms with Gasteiger partial charge in [0, 0.05) is 35.6 Å². The van der Waals surface area contributed by atoms with E-state index in [0.29, 0.717) is 22.5 Å². The molecule has 4 heterocycles. The van der Waals surface area contributed by atoms with Gasteiger partial charge in [-0.1, -0.05) is 0 Å². The molecule has 3 aromatic rings. The summed E-state index contributed by atoms with van der Waals surface area (Å²) in [4.78, 5) is 16.6. The zero-order valence-electron chi connectivity index (χ0n) is 13.7. The van der Waals surface area contributed by atoms with Gasteiger partial charge in [-0.2, -0.15) is 13.2 Å². The van der Waals surface area contributed by atoms with Gasteiger partial charge in [0.2, 0.25) is 0 Å². The molecular weight excluding hydrogens is 397 g/mol. The Bertz CT molecular complexity index is 978. The number of anilines is 1. The fraction of sp³-hybridized carbons (Fsp3) is 0.250. The van der Waals surface area contributed by atoms with Crippen LogP contribution in [0.4, 0.5) is 18.3 Å². The predicted octanol–water partition coefficient (Wildman–Crippen LogP) is 4.11. The first kappa shape index (κ1) is 17.9. The summed E-state index contributed by atoms with van der Waals surface area (Å²) >= 11 is 2.51. The van der Waals surface area contributed by atoms with Gasteiger partial charge in [0.15, 0.2) is 16.8 Å². The summed E-state index contributed by atoms with van der Waals surface area (Å²) in [5, 5.41) is 10.6. The number of guanidine groups is 1. The highest BCUT2D eigenvalue weighted by atomic mass is 32.1. The molecule has 0 amide bonds. The average molecular weight is 410 g/mol. The maximum atomic E-state index is 13.2. The van der Waals surface area contributed by atoms with E-state index in [9.17, 15) is 13.2 Å². The van der Waals surface area contributed by atoms with Crippen molar-refractivity contribution >= 4 is 33.8 Å². The van der Waals surface area contributed by atoms with E-state index < -0.39 is 11.9 Å². The largest absolute Gasteiger partial charge is 0.434 e. The Balaban J connectivity index is 1.58. The number of hydrogen-bond acceptors (Lipinski definition) is 8. The van der Waals surface area contributed by atoms with E-state index in [0.717, 1.165) is 37.0 Å². The molecule has 0 spiro atoms. The van der Waals surface area contributed by atoms with Crippen LogP contribution in [0, 0.1) is 0 Å². The monoisotopic (exact) mass is 410 g/mol. The van der Waals surface area contributed by atoms with Crippen LogP contribution in [0.3, 0.4) is 0 Å². The van der Waals surface area contributed by atoms with Crippen LogP contribution < -0.4 is 10.6 Å². The number of pyridine rings is 1. The number of aromatic nitrogens is 3. The van der Waals surface area contributed by atoms with Crippen molar-refractivity contribution in [1.82, 2.24) is 20.3 Å². The van der Waals surface area contributed by atoms with E-state index in [1.807, 2.05) is 0 Å². The molecule has 0 saturated carbocycles. The number of nitrogens with one attached hydrogen (secondary N) is 2. The van der Waals surface area contributed by atoms with Gasteiger partial charge >= 0.3 is 6.18 Å². The SMILES string of the molecule is FC(F)(F)c1ncccc1-c1nc(-c2csc(NC3=NCCCN3)n2)cs1. The van der Waals surface area contributed by atoms with Crippen LogP contribution >= 0.6 is 22.7 Å². The third-order valence-corrected chi connectivity index (χ3v) is 5.33. The Kier molecular flexibility index (Phi) is 4.79. The number of alkyl halides is 3. The molecule has 0 unspecified atom stereocenters. The van der Waals surface area contributed by atoms with Crippen molar-refractivity contribution in [3.8, 4) is 22.0 Å². The Morgan fingerprint density at radius 2 is 1.93 bits per heavy atom. The standard InChI is InChI=1S/C16H13F3N6S2/c17-16(18,19)12-9(3-1-4-20-12)13-23-10(7-26-13)11-8-27-15(24-11)25-14-21-5-2-6-22-14/h1,3-4,7-8H,2,5-6H2,(H2,21,22,24,25). The van der Waals surface area contributed by atoms with Gasteiger partial charge in [-0.05, 0) is 18.6 Å². The fourth-order valence-corrected chi connectivity index (χ4v) is 4.03. The van der Waals surface area contributed by atoms with Crippen molar-refractivity contribution in [2.24, 2.45) is 4.99 Å². The number of hydrogen-bond donors (Lipinski definition) is 2. The zero-order chi connectivity index (χ0) is 18.9. The molecule has 140 valence electrons. The summed E-state index contributed by atoms with van der Waals surface area (Å²) in [7, 11) is 0. The van der Waals surface area contributed by atoms with E-state index in [1.165, 1.54) is 23.5 Å². The molecule has 0 saturated heterocycles. The Morgan fingerprint density at radius 1 is 1.11 bits per heavy atom. The molecule has 0 aliphatic carbocycles. The van der Waals surface area contributed by atoms with Gasteiger partial charge in [-0.3, -0.25) is 9.98 Å². The molecule has 11 heteroatoms. The molecule has 3 aromatic heterocycles. The van der Waals surface area contributed by atoms with Gasteiger partial charge in [0.05, 0.1) is 0 Å². The van der Waals surface area contributed by atoms with E-state index in [2.05, 4.69) is 30.6 Å². The molecule has 27 heavy (non-hydrogen) atoms. The minimum absolute atomic E-state index is 0.0319. The molecule has 4 rings (SSSR count). The maximum Gasteiger partial charge on any atom is 0.434 e. The van der Waals surface area contributed by atoms with E-state index in [4.69, 9.17) is 0 Å². The quantitative estimate of drug-likeness (QED) is 0.680. The summed E-state index contributed by atoms with van der Waals surface area (Å²) in [5.41, 5.74) is 0.150. The Morgan fingerprint density at radius 3 is 2.70 bits per heavy atom. The minimum atomic E-state index is -4.53. The summed E-state index contributed by atoms with van der Waals surface area (Å²) in [6.07, 6.45) is -2.42. The van der Waals surface area contributed by atoms with Crippen LogP contribution in [0.2, 0.25) is 0 Å². The smallest absolute Gasteiger partial charge is 0.356 e. The second kappa shape index (κ2) is 7.24. The highest BCUT2D eigenvalue weighted by molar-refractivity contribution is 7.14. The van der Waals surface area contributed by atoms with Gasteiger partial charge in [0.25, 0.3) is 0 Å². The van der Waals surface area contributed by atoms with Crippen LogP contribution in [0.25, 0.3) is 22.0 Å². The number of nitrogens with zero attached hydrogens (tertiary/aromatic N) is 4. The number of thiazole rings is 2. The molecule has 0 fully saturated rings. The van der Waals surface area contributed by atoms with E-state index in [-0.39, 0.29) is 10.6 Å². The van der Waals surface area contributed by atoms with Gasteiger partial charge in [-0.25, -0.2) is 9.97 Å². The van der Waals surface area contributed by atoms with E-state index >= 15 is 0 Å². The molecular formula is C16H13F3N6S2. The maximum absolute atomic E-state index is 13.2. The third kappa shape index (κ3) is 3.93. The zero-order valence-corrected chi connectivity index (χ0v) is 15.4. The van der Waals surface area contributed by atoms with Crippen LogP contribution in [0.15, 0.2) is 34.1 Å². The summed E-state index contributed by atoms with van der Waals surface area (Å²) in [6.45, 7) is 1.61. The van der Waals surface area contributed by atoms with E-state index in [1.54, 1.807) is 10.8 Å².